The van der Waals surface area contributed by atoms with Gasteiger partial charge >= 0.3 is 0 Å². The van der Waals surface area contributed by atoms with Crippen molar-refractivity contribution in [1.82, 2.24) is 0 Å². The molecule has 84 valence electrons. The van der Waals surface area contributed by atoms with Gasteiger partial charge in [0.1, 0.15) is 0 Å². The Hall–Kier alpha value is -0.380. The first-order valence-corrected chi connectivity index (χ1v) is 5.03. The highest BCUT2D eigenvalue weighted by Crippen LogP contribution is 2.11. The van der Waals surface area contributed by atoms with Crippen molar-refractivity contribution in [1.29, 1.82) is 0 Å². The molecular formula is C11H22O3. The molecule has 0 spiro atoms. The quantitative estimate of drug-likeness (QED) is 0.512. The van der Waals surface area contributed by atoms with Crippen molar-refractivity contribution in [3.63, 3.8) is 0 Å². The summed E-state index contributed by atoms with van der Waals surface area (Å²) < 4.78 is 4.84. The number of aliphatic hydroxyl groups is 2. The molecule has 2 N–H and O–H groups in total. The third-order valence-electron chi connectivity index (χ3n) is 1.85. The van der Waals surface area contributed by atoms with Gasteiger partial charge in [0.15, 0.2) is 0 Å². The van der Waals surface area contributed by atoms with Crippen LogP contribution in [0.25, 0.3) is 0 Å². The Balaban J connectivity index is 3.56. The first-order chi connectivity index (χ1) is 6.31. The number of allylic oxidation sites excluding steroid dienone is 2. The predicted molar refractivity (Wildman–Crippen MR) is 56.6 cm³/mol. The lowest BCUT2D eigenvalue weighted by molar-refractivity contribution is -0.328. The second-order valence-electron chi connectivity index (χ2n) is 4.21. The van der Waals surface area contributed by atoms with Gasteiger partial charge in [0.25, 0.3) is 5.97 Å². The van der Waals surface area contributed by atoms with Gasteiger partial charge in [-0.25, -0.2) is 0 Å². The van der Waals surface area contributed by atoms with Crippen LogP contribution in [0.4, 0.5) is 0 Å². The largest absolute Gasteiger partial charge is 0.344 e. The fraction of sp³-hybridized carbons (Fsp3) is 0.818. The lowest BCUT2D eigenvalue weighted by atomic mass is 10.1. The smallest absolute Gasteiger partial charge is 0.274 e. The van der Waals surface area contributed by atoms with Crippen LogP contribution in [-0.4, -0.2) is 22.8 Å². The van der Waals surface area contributed by atoms with E-state index in [0.29, 0.717) is 12.5 Å². The molecule has 0 aromatic rings. The molecule has 0 aromatic heterocycles. The van der Waals surface area contributed by atoms with Crippen molar-refractivity contribution >= 4 is 0 Å². The Morgan fingerprint density at radius 3 is 2.43 bits per heavy atom. The molecule has 1 atom stereocenters. The zero-order valence-corrected chi connectivity index (χ0v) is 9.58. The highest BCUT2D eigenvalue weighted by molar-refractivity contribution is 4.92. The maximum absolute atomic E-state index is 8.90. The number of rotatable bonds is 6. The molecule has 0 aliphatic rings. The van der Waals surface area contributed by atoms with E-state index in [2.05, 4.69) is 19.9 Å². The Kier molecular flexibility index (Phi) is 6.00. The van der Waals surface area contributed by atoms with Gasteiger partial charge in [0, 0.05) is 6.92 Å². The summed E-state index contributed by atoms with van der Waals surface area (Å²) in [7, 11) is 0. The Bertz CT molecular complexity index is 175. The van der Waals surface area contributed by atoms with Crippen LogP contribution in [-0.2, 0) is 4.74 Å². The van der Waals surface area contributed by atoms with Crippen molar-refractivity contribution in [3.05, 3.63) is 11.6 Å². The molecule has 3 heteroatoms. The molecule has 14 heavy (non-hydrogen) atoms. The highest BCUT2D eigenvalue weighted by atomic mass is 16.8. The van der Waals surface area contributed by atoms with Crippen LogP contribution in [0.3, 0.4) is 0 Å². The van der Waals surface area contributed by atoms with E-state index in [1.54, 1.807) is 0 Å². The van der Waals surface area contributed by atoms with E-state index < -0.39 is 5.97 Å². The Morgan fingerprint density at radius 1 is 1.43 bits per heavy atom. The molecule has 0 saturated carbocycles. The van der Waals surface area contributed by atoms with Crippen molar-refractivity contribution in [2.24, 2.45) is 5.92 Å². The topological polar surface area (TPSA) is 49.7 Å². The molecule has 0 radical (unpaired) electrons. The first kappa shape index (κ1) is 13.6. The minimum Gasteiger partial charge on any atom is -0.344 e. The van der Waals surface area contributed by atoms with Gasteiger partial charge in [-0.3, -0.25) is 0 Å². The Morgan fingerprint density at radius 2 is 2.00 bits per heavy atom. The van der Waals surface area contributed by atoms with Crippen LogP contribution in [0.15, 0.2) is 11.6 Å². The van der Waals surface area contributed by atoms with E-state index in [1.165, 1.54) is 12.5 Å². The molecule has 0 fully saturated rings. The van der Waals surface area contributed by atoms with Crippen LogP contribution < -0.4 is 0 Å². The van der Waals surface area contributed by atoms with E-state index in [9.17, 15) is 0 Å². The van der Waals surface area contributed by atoms with Crippen LogP contribution in [0.2, 0.25) is 0 Å². The fourth-order valence-corrected chi connectivity index (χ4v) is 1.04. The predicted octanol–water partition coefficient (Wildman–Crippen LogP) is 2.04. The molecule has 0 rings (SSSR count). The summed E-state index contributed by atoms with van der Waals surface area (Å²) in [6, 6.07) is 0. The SMILES string of the molecule is CC(C)=CCCC(C)COC(C)(O)O. The fourth-order valence-electron chi connectivity index (χ4n) is 1.04. The van der Waals surface area contributed by atoms with Gasteiger partial charge in [-0.1, -0.05) is 18.6 Å². The van der Waals surface area contributed by atoms with Crippen molar-refractivity contribution in [2.45, 2.75) is 46.5 Å². The van der Waals surface area contributed by atoms with Gasteiger partial charge in [0.2, 0.25) is 0 Å². The first-order valence-electron chi connectivity index (χ1n) is 5.03. The molecule has 3 nitrogen and oxygen atoms in total. The average molecular weight is 202 g/mol. The van der Waals surface area contributed by atoms with Crippen molar-refractivity contribution < 1.29 is 14.9 Å². The summed E-state index contributed by atoms with van der Waals surface area (Å²) in [5.41, 5.74) is 1.31. The molecule has 0 heterocycles. The minimum absolute atomic E-state index is 0.337. The molecule has 0 saturated heterocycles. The van der Waals surface area contributed by atoms with Crippen LogP contribution >= 0.6 is 0 Å². The molecule has 0 aromatic carbocycles. The monoisotopic (exact) mass is 202 g/mol. The average Bonchev–Trinajstić information content (AvgIpc) is 1.99. The lowest BCUT2D eigenvalue weighted by Crippen LogP contribution is -2.29. The number of hydrogen-bond acceptors (Lipinski definition) is 3. The molecule has 0 amide bonds. The molecule has 0 bridgehead atoms. The Labute approximate surface area is 86.4 Å². The van der Waals surface area contributed by atoms with Gasteiger partial charge in [-0.2, -0.15) is 0 Å². The third kappa shape index (κ3) is 9.71. The van der Waals surface area contributed by atoms with Gasteiger partial charge in [-0.15, -0.1) is 0 Å². The maximum atomic E-state index is 8.90. The normalized spacial score (nSPS) is 13.9. The molecule has 0 aliphatic heterocycles. The van der Waals surface area contributed by atoms with Crippen LogP contribution in [0.5, 0.6) is 0 Å². The summed E-state index contributed by atoms with van der Waals surface area (Å²) >= 11 is 0. The summed E-state index contributed by atoms with van der Waals surface area (Å²) in [6.07, 6.45) is 4.19. The van der Waals surface area contributed by atoms with Crippen LogP contribution in [0, 0.1) is 5.92 Å². The zero-order chi connectivity index (χ0) is 11.2. The second-order valence-corrected chi connectivity index (χ2v) is 4.21. The van der Waals surface area contributed by atoms with Crippen LogP contribution in [0.1, 0.15) is 40.5 Å². The summed E-state index contributed by atoms with van der Waals surface area (Å²) in [5.74, 6) is -1.66. The van der Waals surface area contributed by atoms with E-state index in [0.717, 1.165) is 12.8 Å². The van der Waals surface area contributed by atoms with E-state index >= 15 is 0 Å². The van der Waals surface area contributed by atoms with E-state index in [1.807, 2.05) is 6.92 Å². The van der Waals surface area contributed by atoms with E-state index in [4.69, 9.17) is 14.9 Å². The summed E-state index contributed by atoms with van der Waals surface area (Å²) in [6.45, 7) is 7.76. The van der Waals surface area contributed by atoms with E-state index in [-0.39, 0.29) is 0 Å². The number of hydrogen-bond donors (Lipinski definition) is 2. The van der Waals surface area contributed by atoms with Crippen molar-refractivity contribution in [3.8, 4) is 0 Å². The molecule has 1 unspecified atom stereocenters. The highest BCUT2D eigenvalue weighted by Gasteiger charge is 2.16. The third-order valence-corrected chi connectivity index (χ3v) is 1.85. The summed E-state index contributed by atoms with van der Waals surface area (Å²) in [5, 5.41) is 17.8. The maximum Gasteiger partial charge on any atom is 0.274 e. The van der Waals surface area contributed by atoms with Gasteiger partial charge < -0.3 is 14.9 Å². The second kappa shape index (κ2) is 6.17. The summed E-state index contributed by atoms with van der Waals surface area (Å²) in [4.78, 5) is 0. The van der Waals surface area contributed by atoms with Crippen molar-refractivity contribution in [2.75, 3.05) is 6.61 Å². The standard InChI is InChI=1S/C11H22O3/c1-9(2)6-5-7-10(3)8-14-11(4,12)13/h6,10,12-13H,5,7-8H2,1-4H3. The molecular weight excluding hydrogens is 180 g/mol. The number of ether oxygens (including phenoxy) is 1. The van der Waals surface area contributed by atoms with Gasteiger partial charge in [0.05, 0.1) is 6.61 Å². The minimum atomic E-state index is -2.00. The zero-order valence-electron chi connectivity index (χ0n) is 9.58. The molecule has 0 aliphatic carbocycles. The van der Waals surface area contributed by atoms with Gasteiger partial charge in [-0.05, 0) is 32.6 Å². The lowest BCUT2D eigenvalue weighted by Gasteiger charge is -2.19.